The highest BCUT2D eigenvalue weighted by Crippen LogP contribution is 2.31. The van der Waals surface area contributed by atoms with E-state index in [0.29, 0.717) is 36.0 Å². The molecule has 1 aliphatic rings. The van der Waals surface area contributed by atoms with E-state index in [9.17, 15) is 10.1 Å². The van der Waals surface area contributed by atoms with Gasteiger partial charge in [0.05, 0.1) is 23.2 Å². The van der Waals surface area contributed by atoms with Gasteiger partial charge in [0, 0.05) is 12.2 Å². The van der Waals surface area contributed by atoms with Gasteiger partial charge in [-0.1, -0.05) is 36.4 Å². The zero-order valence-corrected chi connectivity index (χ0v) is 19.3. The molecule has 35 heavy (non-hydrogen) atoms. The summed E-state index contributed by atoms with van der Waals surface area (Å²) in [5.41, 5.74) is 4.95. The lowest BCUT2D eigenvalue weighted by Crippen LogP contribution is -2.33. The fourth-order valence-electron chi connectivity index (χ4n) is 4.22. The van der Waals surface area contributed by atoms with E-state index in [1.54, 1.807) is 23.1 Å². The number of anilines is 1. The van der Waals surface area contributed by atoms with Gasteiger partial charge < -0.3 is 19.4 Å². The average Bonchev–Trinajstić information content (AvgIpc) is 3.51. The quantitative estimate of drug-likeness (QED) is 0.389. The van der Waals surface area contributed by atoms with Crippen molar-refractivity contribution in [3.05, 3.63) is 83.7 Å². The van der Waals surface area contributed by atoms with E-state index in [0.717, 1.165) is 28.7 Å². The van der Waals surface area contributed by atoms with E-state index in [2.05, 4.69) is 16.0 Å². The van der Waals surface area contributed by atoms with Crippen LogP contribution in [-0.2, 0) is 11.2 Å². The maximum Gasteiger partial charge on any atom is 0.264 e. The highest BCUT2D eigenvalue weighted by atomic mass is 16.5. The molecule has 0 saturated carbocycles. The number of H-pyrrole nitrogens is 1. The first-order chi connectivity index (χ1) is 17.2. The molecule has 1 aromatic heterocycles. The standard InChI is InChI=1S/C28H24N4O3/c1-2-34-26-16-19(15-21(17-29)28-30-22-8-4-5-9-23(22)31-28)11-12-25(26)35-18-27(33)32-14-13-20-7-3-6-10-24(20)32/h3-12,15-16H,2,13-14,18H2,1H3,(H,30,31). The molecular weight excluding hydrogens is 440 g/mol. The first-order valence-corrected chi connectivity index (χ1v) is 11.5. The number of aromatic nitrogens is 2. The van der Waals surface area contributed by atoms with Gasteiger partial charge in [0.25, 0.3) is 5.91 Å². The second kappa shape index (κ2) is 9.74. The van der Waals surface area contributed by atoms with Crippen LogP contribution in [0, 0.1) is 11.3 Å². The Morgan fingerprint density at radius 2 is 1.94 bits per heavy atom. The second-order valence-electron chi connectivity index (χ2n) is 8.12. The first kappa shape index (κ1) is 22.2. The number of nitriles is 1. The largest absolute Gasteiger partial charge is 0.490 e. The maximum absolute atomic E-state index is 12.8. The fraction of sp³-hybridized carbons (Fsp3) is 0.179. The van der Waals surface area contributed by atoms with Crippen LogP contribution >= 0.6 is 0 Å². The molecule has 1 N–H and O–H groups in total. The lowest BCUT2D eigenvalue weighted by atomic mass is 10.1. The number of nitrogens with zero attached hydrogens (tertiary/aromatic N) is 3. The number of hydrogen-bond acceptors (Lipinski definition) is 5. The number of hydrogen-bond donors (Lipinski definition) is 1. The molecule has 2 heterocycles. The third kappa shape index (κ3) is 4.59. The van der Waals surface area contributed by atoms with Crippen LogP contribution in [0.2, 0.25) is 0 Å². The van der Waals surface area contributed by atoms with E-state index >= 15 is 0 Å². The number of benzene rings is 3. The van der Waals surface area contributed by atoms with E-state index in [4.69, 9.17) is 9.47 Å². The third-order valence-corrected chi connectivity index (χ3v) is 5.88. The van der Waals surface area contributed by atoms with Crippen molar-refractivity contribution in [1.82, 2.24) is 9.97 Å². The van der Waals surface area contributed by atoms with Crippen molar-refractivity contribution in [3.8, 4) is 17.6 Å². The number of aromatic amines is 1. The minimum absolute atomic E-state index is 0.0912. The van der Waals surface area contributed by atoms with Gasteiger partial charge >= 0.3 is 0 Å². The molecule has 7 heteroatoms. The minimum atomic E-state index is -0.0991. The third-order valence-electron chi connectivity index (χ3n) is 5.88. The number of rotatable bonds is 7. The Morgan fingerprint density at radius 1 is 1.11 bits per heavy atom. The molecule has 0 atom stereocenters. The Morgan fingerprint density at radius 3 is 2.77 bits per heavy atom. The summed E-state index contributed by atoms with van der Waals surface area (Å²) in [6.45, 7) is 2.88. The smallest absolute Gasteiger partial charge is 0.264 e. The number of para-hydroxylation sites is 3. The van der Waals surface area contributed by atoms with E-state index in [1.807, 2.05) is 61.5 Å². The van der Waals surface area contributed by atoms with Crippen LogP contribution in [0.1, 0.15) is 23.9 Å². The van der Waals surface area contributed by atoms with Crippen LogP contribution in [0.4, 0.5) is 5.69 Å². The molecule has 0 unspecified atom stereocenters. The predicted octanol–water partition coefficient (Wildman–Crippen LogP) is 4.99. The molecule has 1 amide bonds. The molecule has 5 rings (SSSR count). The van der Waals surface area contributed by atoms with Gasteiger partial charge in [0.15, 0.2) is 18.1 Å². The summed E-state index contributed by atoms with van der Waals surface area (Å²) in [4.78, 5) is 22.3. The second-order valence-corrected chi connectivity index (χ2v) is 8.12. The van der Waals surface area contributed by atoms with Crippen LogP contribution < -0.4 is 14.4 Å². The van der Waals surface area contributed by atoms with Crippen LogP contribution in [0.5, 0.6) is 11.5 Å². The lowest BCUT2D eigenvalue weighted by Gasteiger charge is -2.18. The van der Waals surface area contributed by atoms with Crippen molar-refractivity contribution in [1.29, 1.82) is 5.26 Å². The Hall–Kier alpha value is -4.57. The van der Waals surface area contributed by atoms with Crippen molar-refractivity contribution < 1.29 is 14.3 Å². The molecule has 0 bridgehead atoms. The molecule has 7 nitrogen and oxygen atoms in total. The van der Waals surface area contributed by atoms with Gasteiger partial charge in [0.1, 0.15) is 11.9 Å². The number of ether oxygens (including phenoxy) is 2. The van der Waals surface area contributed by atoms with Crippen LogP contribution in [0.15, 0.2) is 66.7 Å². The van der Waals surface area contributed by atoms with Crippen molar-refractivity contribution in [2.24, 2.45) is 0 Å². The van der Waals surface area contributed by atoms with Crippen LogP contribution in [0.25, 0.3) is 22.7 Å². The van der Waals surface area contributed by atoms with E-state index in [-0.39, 0.29) is 12.5 Å². The van der Waals surface area contributed by atoms with Gasteiger partial charge in [-0.3, -0.25) is 4.79 Å². The van der Waals surface area contributed by atoms with Gasteiger partial charge in [-0.2, -0.15) is 5.26 Å². The van der Waals surface area contributed by atoms with E-state index in [1.165, 1.54) is 5.56 Å². The summed E-state index contributed by atoms with van der Waals surface area (Å²) < 4.78 is 11.6. The summed E-state index contributed by atoms with van der Waals surface area (Å²) in [7, 11) is 0. The molecule has 174 valence electrons. The molecule has 1 aliphatic heterocycles. The van der Waals surface area contributed by atoms with Gasteiger partial charge in [0.2, 0.25) is 0 Å². The Balaban J connectivity index is 1.35. The Bertz CT molecular complexity index is 1430. The molecule has 3 aromatic carbocycles. The number of carbonyl (C=O) groups is 1. The maximum atomic E-state index is 12.8. The topological polar surface area (TPSA) is 91.2 Å². The highest BCUT2D eigenvalue weighted by Gasteiger charge is 2.24. The van der Waals surface area contributed by atoms with Crippen LogP contribution in [0.3, 0.4) is 0 Å². The normalized spacial score (nSPS) is 12.9. The number of imidazole rings is 1. The molecule has 4 aromatic rings. The lowest BCUT2D eigenvalue weighted by molar-refractivity contribution is -0.120. The van der Waals surface area contributed by atoms with Crippen LogP contribution in [-0.4, -0.2) is 35.6 Å². The summed E-state index contributed by atoms with van der Waals surface area (Å²) in [6.07, 6.45) is 2.59. The summed E-state index contributed by atoms with van der Waals surface area (Å²) >= 11 is 0. The van der Waals surface area contributed by atoms with E-state index < -0.39 is 0 Å². The SMILES string of the molecule is CCOc1cc(C=C(C#N)c2nc3ccccc3[nH]2)ccc1OCC(=O)N1CCc2ccccc21. The average molecular weight is 465 g/mol. The highest BCUT2D eigenvalue weighted by molar-refractivity contribution is 5.96. The fourth-order valence-corrected chi connectivity index (χ4v) is 4.22. The van der Waals surface area contributed by atoms with Gasteiger partial charge in [-0.05, 0) is 60.9 Å². The predicted molar refractivity (Wildman–Crippen MR) is 135 cm³/mol. The number of amides is 1. The molecule has 0 radical (unpaired) electrons. The molecule has 0 aliphatic carbocycles. The number of carbonyl (C=O) groups excluding carboxylic acids is 1. The Labute approximate surface area is 203 Å². The molecular formula is C28H24N4O3. The molecule has 0 saturated heterocycles. The van der Waals surface area contributed by atoms with Crippen molar-refractivity contribution in [2.75, 3.05) is 24.7 Å². The molecule has 0 fully saturated rings. The Kier molecular flexibility index (Phi) is 6.18. The summed E-state index contributed by atoms with van der Waals surface area (Å²) in [5.74, 6) is 1.39. The molecule has 0 spiro atoms. The number of fused-ring (bicyclic) bond motifs is 2. The summed E-state index contributed by atoms with van der Waals surface area (Å²) in [6, 6.07) is 23.2. The number of allylic oxidation sites excluding steroid dienone is 1. The van der Waals surface area contributed by atoms with Crippen molar-refractivity contribution >= 4 is 34.3 Å². The van der Waals surface area contributed by atoms with Gasteiger partial charge in [-0.25, -0.2) is 4.98 Å². The van der Waals surface area contributed by atoms with Crippen molar-refractivity contribution in [3.63, 3.8) is 0 Å². The van der Waals surface area contributed by atoms with Crippen molar-refractivity contribution in [2.45, 2.75) is 13.3 Å². The first-order valence-electron chi connectivity index (χ1n) is 11.5. The minimum Gasteiger partial charge on any atom is -0.490 e. The number of nitrogens with one attached hydrogen (secondary N) is 1. The zero-order chi connectivity index (χ0) is 24.2. The summed E-state index contributed by atoms with van der Waals surface area (Å²) in [5, 5.41) is 9.74. The zero-order valence-electron chi connectivity index (χ0n) is 19.3. The monoisotopic (exact) mass is 464 g/mol. The van der Waals surface area contributed by atoms with Gasteiger partial charge in [-0.15, -0.1) is 0 Å².